The molecule has 0 atom stereocenters. The summed E-state index contributed by atoms with van der Waals surface area (Å²) in [7, 11) is 3.26. The van der Waals surface area contributed by atoms with Gasteiger partial charge in [-0.2, -0.15) is 0 Å². The van der Waals surface area contributed by atoms with Crippen LogP contribution in [0.4, 0.5) is 0 Å². The summed E-state index contributed by atoms with van der Waals surface area (Å²) in [5, 5.41) is 11.2. The quantitative estimate of drug-likeness (QED) is 0.771. The van der Waals surface area contributed by atoms with E-state index in [1.807, 2.05) is 13.0 Å². The van der Waals surface area contributed by atoms with Crippen LogP contribution in [0.1, 0.15) is 21.5 Å². The highest BCUT2D eigenvalue weighted by Crippen LogP contribution is 2.09. The van der Waals surface area contributed by atoms with Crippen molar-refractivity contribution >= 4 is 11.8 Å². The highest BCUT2D eigenvalue weighted by molar-refractivity contribution is 5.96. The Morgan fingerprint density at radius 2 is 2.00 bits per heavy atom. The minimum atomic E-state index is -0.323. The SMILES string of the molecule is Cc1cc(C#CCO)cc(C(=O)NCC(=O)N(C)C)c1. The summed E-state index contributed by atoms with van der Waals surface area (Å²) in [6.45, 7) is 1.58. The highest BCUT2D eigenvalue weighted by Gasteiger charge is 2.10. The van der Waals surface area contributed by atoms with E-state index in [9.17, 15) is 9.59 Å². The van der Waals surface area contributed by atoms with Crippen LogP contribution in [0.5, 0.6) is 0 Å². The molecule has 0 aromatic heterocycles. The molecular formula is C15H18N2O3. The molecule has 0 aliphatic heterocycles. The number of likely N-dealkylation sites (N-methyl/N-ethyl adjacent to an activating group) is 1. The molecule has 0 fully saturated rings. The predicted octanol–water partition coefficient (Wildman–Crippen LogP) is 0.157. The molecule has 1 aromatic rings. The lowest BCUT2D eigenvalue weighted by atomic mass is 10.1. The van der Waals surface area contributed by atoms with Crippen molar-refractivity contribution in [3.8, 4) is 11.8 Å². The Morgan fingerprint density at radius 3 is 2.60 bits per heavy atom. The molecule has 1 rings (SSSR count). The summed E-state index contributed by atoms with van der Waals surface area (Å²) in [5.41, 5.74) is 1.99. The van der Waals surface area contributed by atoms with Crippen LogP contribution in [0, 0.1) is 18.8 Å². The van der Waals surface area contributed by atoms with Crippen LogP contribution in [-0.2, 0) is 4.79 Å². The molecule has 106 valence electrons. The number of aryl methyl sites for hydroxylation is 1. The molecule has 1 aromatic carbocycles. The van der Waals surface area contributed by atoms with Crippen molar-refractivity contribution in [1.82, 2.24) is 10.2 Å². The Morgan fingerprint density at radius 1 is 1.30 bits per heavy atom. The zero-order valence-corrected chi connectivity index (χ0v) is 11.9. The summed E-state index contributed by atoms with van der Waals surface area (Å²) < 4.78 is 0. The molecule has 0 unspecified atom stereocenters. The molecule has 0 radical (unpaired) electrons. The standard InChI is InChI=1S/C15H18N2O3/c1-11-7-12(5-4-6-18)9-13(8-11)15(20)16-10-14(19)17(2)3/h7-9,18H,6,10H2,1-3H3,(H,16,20). The van der Waals surface area contributed by atoms with Crippen molar-refractivity contribution in [2.75, 3.05) is 27.2 Å². The Bertz CT molecular complexity index is 568. The molecule has 0 bridgehead atoms. The number of benzene rings is 1. The highest BCUT2D eigenvalue weighted by atomic mass is 16.2. The van der Waals surface area contributed by atoms with E-state index in [1.165, 1.54) is 4.90 Å². The van der Waals surface area contributed by atoms with Crippen LogP contribution in [0.3, 0.4) is 0 Å². The van der Waals surface area contributed by atoms with E-state index in [2.05, 4.69) is 17.2 Å². The Balaban J connectivity index is 2.82. The maximum Gasteiger partial charge on any atom is 0.251 e. The van der Waals surface area contributed by atoms with Crippen molar-refractivity contribution in [3.63, 3.8) is 0 Å². The summed E-state index contributed by atoms with van der Waals surface area (Å²) in [4.78, 5) is 24.8. The largest absolute Gasteiger partial charge is 0.384 e. The molecular weight excluding hydrogens is 256 g/mol. The first-order chi connectivity index (χ1) is 9.43. The number of nitrogens with one attached hydrogen (secondary N) is 1. The van der Waals surface area contributed by atoms with E-state index in [4.69, 9.17) is 5.11 Å². The fourth-order valence-corrected chi connectivity index (χ4v) is 1.54. The number of carbonyl (C=O) groups excluding carboxylic acids is 2. The molecule has 0 spiro atoms. The summed E-state index contributed by atoms with van der Waals surface area (Å²) in [5.74, 6) is 4.80. The minimum absolute atomic E-state index is 0.0442. The third kappa shape index (κ3) is 4.75. The number of rotatable bonds is 3. The molecule has 20 heavy (non-hydrogen) atoms. The zero-order valence-electron chi connectivity index (χ0n) is 11.9. The minimum Gasteiger partial charge on any atom is -0.384 e. The Kier molecular flexibility index (Phi) is 5.75. The fraction of sp³-hybridized carbons (Fsp3) is 0.333. The average Bonchev–Trinajstić information content (AvgIpc) is 2.41. The van der Waals surface area contributed by atoms with Crippen molar-refractivity contribution in [2.24, 2.45) is 0 Å². The van der Waals surface area contributed by atoms with Gasteiger partial charge in [-0.05, 0) is 30.7 Å². The van der Waals surface area contributed by atoms with Gasteiger partial charge in [0.2, 0.25) is 5.91 Å². The lowest BCUT2D eigenvalue weighted by Crippen LogP contribution is -2.36. The summed E-state index contributed by atoms with van der Waals surface area (Å²) in [6.07, 6.45) is 0. The molecule has 5 heteroatoms. The second-order valence-electron chi connectivity index (χ2n) is 4.52. The van der Waals surface area contributed by atoms with Gasteiger partial charge in [-0.15, -0.1) is 0 Å². The molecule has 2 N–H and O–H groups in total. The van der Waals surface area contributed by atoms with E-state index < -0.39 is 0 Å². The van der Waals surface area contributed by atoms with E-state index in [0.717, 1.165) is 5.56 Å². The fourth-order valence-electron chi connectivity index (χ4n) is 1.54. The summed E-state index contributed by atoms with van der Waals surface area (Å²) >= 11 is 0. The average molecular weight is 274 g/mol. The van der Waals surface area contributed by atoms with Gasteiger partial charge < -0.3 is 15.3 Å². The van der Waals surface area contributed by atoms with Crippen LogP contribution >= 0.6 is 0 Å². The number of aliphatic hydroxyl groups is 1. The van der Waals surface area contributed by atoms with Crippen LogP contribution in [0.15, 0.2) is 18.2 Å². The van der Waals surface area contributed by atoms with E-state index >= 15 is 0 Å². The first-order valence-corrected chi connectivity index (χ1v) is 6.14. The monoisotopic (exact) mass is 274 g/mol. The van der Waals surface area contributed by atoms with E-state index in [0.29, 0.717) is 11.1 Å². The van der Waals surface area contributed by atoms with Gasteiger partial charge in [0.05, 0.1) is 6.54 Å². The topological polar surface area (TPSA) is 69.6 Å². The number of aliphatic hydroxyl groups excluding tert-OH is 1. The first-order valence-electron chi connectivity index (χ1n) is 6.14. The smallest absolute Gasteiger partial charge is 0.251 e. The van der Waals surface area contributed by atoms with Crippen molar-refractivity contribution < 1.29 is 14.7 Å². The Hall–Kier alpha value is -2.32. The van der Waals surface area contributed by atoms with E-state index in [1.54, 1.807) is 26.2 Å². The van der Waals surface area contributed by atoms with Crippen molar-refractivity contribution in [3.05, 3.63) is 34.9 Å². The third-order valence-electron chi connectivity index (χ3n) is 2.55. The second kappa shape index (κ2) is 7.31. The Labute approximate surface area is 118 Å². The molecule has 0 saturated carbocycles. The van der Waals surface area contributed by atoms with Crippen LogP contribution in [0.25, 0.3) is 0 Å². The molecule has 0 aliphatic carbocycles. The van der Waals surface area contributed by atoms with Crippen molar-refractivity contribution in [2.45, 2.75) is 6.92 Å². The zero-order chi connectivity index (χ0) is 15.1. The van der Waals surface area contributed by atoms with Crippen molar-refractivity contribution in [1.29, 1.82) is 0 Å². The maximum atomic E-state index is 12.0. The van der Waals surface area contributed by atoms with Crippen LogP contribution < -0.4 is 5.32 Å². The van der Waals surface area contributed by atoms with Gasteiger partial charge in [0.25, 0.3) is 5.91 Å². The third-order valence-corrected chi connectivity index (χ3v) is 2.55. The van der Waals surface area contributed by atoms with Gasteiger partial charge in [0.1, 0.15) is 6.61 Å². The normalized spacial score (nSPS) is 9.40. The first kappa shape index (κ1) is 15.7. The number of amides is 2. The second-order valence-corrected chi connectivity index (χ2v) is 4.52. The molecule has 0 heterocycles. The van der Waals surface area contributed by atoms with E-state index in [-0.39, 0.29) is 25.0 Å². The lowest BCUT2D eigenvalue weighted by Gasteiger charge is -2.11. The predicted molar refractivity (Wildman–Crippen MR) is 76.2 cm³/mol. The van der Waals surface area contributed by atoms with Gasteiger partial charge in [-0.1, -0.05) is 11.8 Å². The number of hydrogen-bond donors (Lipinski definition) is 2. The van der Waals surface area contributed by atoms with Crippen LogP contribution in [-0.4, -0.2) is 49.1 Å². The summed E-state index contributed by atoms with van der Waals surface area (Å²) in [6, 6.07) is 5.18. The number of nitrogens with zero attached hydrogens (tertiary/aromatic N) is 1. The van der Waals surface area contributed by atoms with Gasteiger partial charge in [-0.25, -0.2) is 0 Å². The molecule has 5 nitrogen and oxygen atoms in total. The van der Waals surface area contributed by atoms with Gasteiger partial charge in [0.15, 0.2) is 0 Å². The molecule has 0 saturated heterocycles. The van der Waals surface area contributed by atoms with Gasteiger partial charge in [-0.3, -0.25) is 9.59 Å². The maximum absolute atomic E-state index is 12.0. The lowest BCUT2D eigenvalue weighted by molar-refractivity contribution is -0.127. The number of carbonyl (C=O) groups is 2. The van der Waals surface area contributed by atoms with Crippen LogP contribution in [0.2, 0.25) is 0 Å². The number of hydrogen-bond acceptors (Lipinski definition) is 3. The molecule has 2 amide bonds. The van der Waals surface area contributed by atoms with Gasteiger partial charge in [0, 0.05) is 25.2 Å². The molecule has 0 aliphatic rings. The van der Waals surface area contributed by atoms with Gasteiger partial charge >= 0.3 is 0 Å².